The Labute approximate surface area is 139 Å². The number of nitrogens with zero attached hydrogens (tertiary/aromatic N) is 3. The summed E-state index contributed by atoms with van der Waals surface area (Å²) >= 11 is 1.44. The number of aliphatic hydroxyl groups is 1. The van der Waals surface area contributed by atoms with Crippen molar-refractivity contribution in [3.8, 4) is 11.5 Å². The standard InChI is InChI=1S/C15H21N3O4S/c1-18-10-16-17-15(18)23-9-12(19)8-22-7-11-6-13(20-2)4-5-14(11)21-3/h4-6,10,12,19H,7-9H2,1-3H3. The zero-order chi connectivity index (χ0) is 16.7. The number of benzene rings is 1. The van der Waals surface area contributed by atoms with Gasteiger partial charge in [-0.05, 0) is 18.2 Å². The maximum Gasteiger partial charge on any atom is 0.190 e. The van der Waals surface area contributed by atoms with Crippen LogP contribution in [-0.4, -0.2) is 52.6 Å². The molecule has 23 heavy (non-hydrogen) atoms. The van der Waals surface area contributed by atoms with E-state index in [-0.39, 0.29) is 6.61 Å². The molecule has 8 heteroatoms. The summed E-state index contributed by atoms with van der Waals surface area (Å²) in [5.74, 6) is 1.96. The summed E-state index contributed by atoms with van der Waals surface area (Å²) < 4.78 is 17.9. The van der Waals surface area contributed by atoms with E-state index in [9.17, 15) is 5.11 Å². The molecule has 7 nitrogen and oxygen atoms in total. The van der Waals surface area contributed by atoms with Crippen LogP contribution in [0.2, 0.25) is 0 Å². The molecule has 2 rings (SSSR count). The van der Waals surface area contributed by atoms with Crippen LogP contribution >= 0.6 is 11.8 Å². The van der Waals surface area contributed by atoms with Crippen molar-refractivity contribution in [3.05, 3.63) is 30.1 Å². The highest BCUT2D eigenvalue weighted by Gasteiger charge is 2.10. The number of aryl methyl sites for hydroxylation is 1. The van der Waals surface area contributed by atoms with E-state index >= 15 is 0 Å². The molecule has 1 aromatic heterocycles. The maximum absolute atomic E-state index is 9.98. The van der Waals surface area contributed by atoms with E-state index in [1.165, 1.54) is 11.8 Å². The lowest BCUT2D eigenvalue weighted by atomic mass is 10.2. The minimum absolute atomic E-state index is 0.227. The molecule has 0 radical (unpaired) electrons. The highest BCUT2D eigenvalue weighted by Crippen LogP contribution is 2.24. The molecule has 0 spiro atoms. The first-order valence-corrected chi connectivity index (χ1v) is 8.06. The van der Waals surface area contributed by atoms with E-state index < -0.39 is 6.10 Å². The van der Waals surface area contributed by atoms with Crippen molar-refractivity contribution in [2.45, 2.75) is 17.9 Å². The van der Waals surface area contributed by atoms with Crippen molar-refractivity contribution >= 4 is 11.8 Å². The van der Waals surface area contributed by atoms with Gasteiger partial charge in [0.25, 0.3) is 0 Å². The number of hydrogen-bond donors (Lipinski definition) is 1. The summed E-state index contributed by atoms with van der Waals surface area (Å²) in [6.07, 6.45) is 1.04. The van der Waals surface area contributed by atoms with Crippen LogP contribution in [0.25, 0.3) is 0 Å². The van der Waals surface area contributed by atoms with Gasteiger partial charge in [0.1, 0.15) is 17.8 Å². The summed E-state index contributed by atoms with van der Waals surface area (Å²) in [6, 6.07) is 5.52. The van der Waals surface area contributed by atoms with E-state index in [1.807, 2.05) is 25.2 Å². The van der Waals surface area contributed by atoms with Gasteiger partial charge in [-0.2, -0.15) is 0 Å². The van der Waals surface area contributed by atoms with Gasteiger partial charge in [-0.25, -0.2) is 0 Å². The summed E-state index contributed by atoms with van der Waals surface area (Å²) in [4.78, 5) is 0. The predicted octanol–water partition coefficient (Wildman–Crippen LogP) is 1.50. The topological polar surface area (TPSA) is 78.6 Å². The molecule has 0 saturated heterocycles. The SMILES string of the molecule is COc1ccc(OC)c(COCC(O)CSc2nncn2C)c1. The molecule has 1 heterocycles. The molecule has 1 atom stereocenters. The summed E-state index contributed by atoms with van der Waals surface area (Å²) in [6.45, 7) is 0.567. The van der Waals surface area contributed by atoms with Crippen LogP contribution in [0.1, 0.15) is 5.56 Å². The van der Waals surface area contributed by atoms with E-state index in [1.54, 1.807) is 25.1 Å². The van der Waals surface area contributed by atoms with Crippen molar-refractivity contribution in [3.63, 3.8) is 0 Å². The Hall–Kier alpha value is -1.77. The van der Waals surface area contributed by atoms with Gasteiger partial charge in [-0.1, -0.05) is 11.8 Å². The zero-order valence-electron chi connectivity index (χ0n) is 13.4. The molecular formula is C15H21N3O4S. The van der Waals surface area contributed by atoms with Crippen LogP contribution in [0, 0.1) is 0 Å². The highest BCUT2D eigenvalue weighted by atomic mass is 32.2. The van der Waals surface area contributed by atoms with Gasteiger partial charge < -0.3 is 23.9 Å². The van der Waals surface area contributed by atoms with Crippen molar-refractivity contribution in [2.75, 3.05) is 26.6 Å². The maximum atomic E-state index is 9.98. The van der Waals surface area contributed by atoms with E-state index in [2.05, 4.69) is 10.2 Å². The Bertz CT molecular complexity index is 621. The van der Waals surface area contributed by atoms with Crippen molar-refractivity contribution < 1.29 is 19.3 Å². The van der Waals surface area contributed by atoms with Gasteiger partial charge in [0.15, 0.2) is 5.16 Å². The lowest BCUT2D eigenvalue weighted by Crippen LogP contribution is -2.18. The number of aliphatic hydroxyl groups excluding tert-OH is 1. The molecule has 0 saturated carbocycles. The molecular weight excluding hydrogens is 318 g/mol. The first kappa shape index (κ1) is 17.6. The minimum Gasteiger partial charge on any atom is -0.497 e. The molecule has 1 N–H and O–H groups in total. The molecule has 1 unspecified atom stereocenters. The predicted molar refractivity (Wildman–Crippen MR) is 86.9 cm³/mol. The molecule has 0 fully saturated rings. The molecule has 0 amide bonds. The third kappa shape index (κ3) is 5.12. The van der Waals surface area contributed by atoms with Gasteiger partial charge in [0.05, 0.1) is 33.5 Å². The van der Waals surface area contributed by atoms with Crippen molar-refractivity contribution in [1.82, 2.24) is 14.8 Å². The monoisotopic (exact) mass is 339 g/mol. The van der Waals surface area contributed by atoms with E-state index in [4.69, 9.17) is 14.2 Å². The third-order valence-electron chi connectivity index (χ3n) is 3.13. The molecule has 1 aromatic carbocycles. The van der Waals surface area contributed by atoms with Crippen LogP contribution in [0.3, 0.4) is 0 Å². The molecule has 0 aliphatic carbocycles. The number of rotatable bonds is 9. The zero-order valence-corrected chi connectivity index (χ0v) is 14.2. The van der Waals surface area contributed by atoms with Crippen LogP contribution < -0.4 is 9.47 Å². The average Bonchev–Trinajstić information content (AvgIpc) is 2.98. The minimum atomic E-state index is -0.590. The Morgan fingerprint density at radius 2 is 2.13 bits per heavy atom. The summed E-state index contributed by atoms with van der Waals surface area (Å²) in [5, 5.41) is 18.5. The fourth-order valence-electron chi connectivity index (χ4n) is 1.92. The Kier molecular flexibility index (Phi) is 6.69. The highest BCUT2D eigenvalue weighted by molar-refractivity contribution is 7.99. The van der Waals surface area contributed by atoms with Gasteiger partial charge in [0.2, 0.25) is 0 Å². The summed E-state index contributed by atoms with van der Waals surface area (Å²) in [7, 11) is 5.08. The van der Waals surface area contributed by atoms with Crippen LogP contribution in [0.4, 0.5) is 0 Å². The van der Waals surface area contributed by atoms with Gasteiger partial charge >= 0.3 is 0 Å². The summed E-state index contributed by atoms with van der Waals surface area (Å²) in [5.41, 5.74) is 0.875. The van der Waals surface area contributed by atoms with Gasteiger partial charge in [-0.15, -0.1) is 10.2 Å². The fraction of sp³-hybridized carbons (Fsp3) is 0.467. The molecule has 2 aromatic rings. The normalized spacial score (nSPS) is 12.2. The number of methoxy groups -OCH3 is 2. The number of hydrogen-bond acceptors (Lipinski definition) is 7. The second-order valence-electron chi connectivity index (χ2n) is 4.88. The molecule has 0 aliphatic rings. The molecule has 0 aliphatic heterocycles. The van der Waals surface area contributed by atoms with Gasteiger partial charge in [0, 0.05) is 18.4 Å². The second kappa shape index (κ2) is 8.76. The van der Waals surface area contributed by atoms with Crippen LogP contribution in [0.15, 0.2) is 29.7 Å². The average molecular weight is 339 g/mol. The van der Waals surface area contributed by atoms with Gasteiger partial charge in [-0.3, -0.25) is 0 Å². The first-order chi connectivity index (χ1) is 11.1. The van der Waals surface area contributed by atoms with Crippen molar-refractivity contribution in [2.24, 2.45) is 7.05 Å². The first-order valence-electron chi connectivity index (χ1n) is 7.07. The second-order valence-corrected chi connectivity index (χ2v) is 5.87. The Morgan fingerprint density at radius 1 is 1.30 bits per heavy atom. The van der Waals surface area contributed by atoms with E-state index in [0.29, 0.717) is 12.4 Å². The number of ether oxygens (including phenoxy) is 3. The smallest absolute Gasteiger partial charge is 0.190 e. The third-order valence-corrected chi connectivity index (χ3v) is 4.31. The fourth-order valence-corrected chi connectivity index (χ4v) is 2.72. The number of aromatic nitrogens is 3. The lowest BCUT2D eigenvalue weighted by Gasteiger charge is -2.13. The van der Waals surface area contributed by atoms with Crippen molar-refractivity contribution in [1.29, 1.82) is 0 Å². The molecule has 0 bridgehead atoms. The Morgan fingerprint density at radius 3 is 2.78 bits per heavy atom. The lowest BCUT2D eigenvalue weighted by molar-refractivity contribution is 0.0389. The quantitative estimate of drug-likeness (QED) is 0.694. The largest absolute Gasteiger partial charge is 0.497 e. The Balaban J connectivity index is 1.79. The molecule has 126 valence electrons. The van der Waals surface area contributed by atoms with Crippen LogP contribution in [-0.2, 0) is 18.4 Å². The van der Waals surface area contributed by atoms with E-state index in [0.717, 1.165) is 22.2 Å². The van der Waals surface area contributed by atoms with Crippen LogP contribution in [0.5, 0.6) is 11.5 Å². The number of thioether (sulfide) groups is 1.